The second-order valence-corrected chi connectivity index (χ2v) is 4.78. The third-order valence-electron chi connectivity index (χ3n) is 3.21. The molecule has 1 aromatic heterocycles. The molecule has 0 aliphatic heterocycles. The molecule has 0 unspecified atom stereocenters. The fourth-order valence-corrected chi connectivity index (χ4v) is 2.51. The highest BCUT2D eigenvalue weighted by Gasteiger charge is 2.18. The minimum Gasteiger partial charge on any atom is -0.330 e. The number of rotatable bonds is 3. The van der Waals surface area contributed by atoms with Gasteiger partial charge in [-0.15, -0.1) is 0 Å². The molecule has 0 bridgehead atoms. The van der Waals surface area contributed by atoms with E-state index in [2.05, 4.69) is 9.97 Å². The molecule has 16 heavy (non-hydrogen) atoms. The Hall–Kier alpha value is -0.670. The molecule has 3 nitrogen and oxygen atoms in total. The molecule has 0 aromatic carbocycles. The monoisotopic (exact) mass is 239 g/mol. The molecule has 1 aliphatic rings. The maximum absolute atomic E-state index is 6.12. The predicted octanol–water partition coefficient (Wildman–Crippen LogP) is 2.68. The highest BCUT2D eigenvalue weighted by Crippen LogP contribution is 2.31. The van der Waals surface area contributed by atoms with Gasteiger partial charge in [0.15, 0.2) is 0 Å². The minimum atomic E-state index is 0.512. The molecule has 1 aromatic rings. The Labute approximate surface area is 101 Å². The van der Waals surface area contributed by atoms with Gasteiger partial charge in [0, 0.05) is 17.7 Å². The van der Waals surface area contributed by atoms with E-state index in [4.69, 9.17) is 17.3 Å². The van der Waals surface area contributed by atoms with Gasteiger partial charge in [0.05, 0.1) is 0 Å². The lowest BCUT2D eigenvalue weighted by Gasteiger charge is -2.20. The van der Waals surface area contributed by atoms with Crippen molar-refractivity contribution in [1.29, 1.82) is 0 Å². The molecule has 0 spiro atoms. The summed E-state index contributed by atoms with van der Waals surface area (Å²) in [6, 6.07) is 0. The maximum Gasteiger partial charge on any atom is 0.136 e. The van der Waals surface area contributed by atoms with Gasteiger partial charge in [-0.25, -0.2) is 9.97 Å². The largest absolute Gasteiger partial charge is 0.330 e. The molecule has 2 rings (SSSR count). The molecule has 0 amide bonds. The van der Waals surface area contributed by atoms with Crippen LogP contribution in [0.4, 0.5) is 0 Å². The van der Waals surface area contributed by atoms with Crippen LogP contribution in [0.25, 0.3) is 0 Å². The summed E-state index contributed by atoms with van der Waals surface area (Å²) in [4.78, 5) is 8.84. The Balaban J connectivity index is 2.13. The van der Waals surface area contributed by atoms with Crippen molar-refractivity contribution < 1.29 is 0 Å². The smallest absolute Gasteiger partial charge is 0.136 e. The molecule has 0 atom stereocenters. The molecule has 2 N–H and O–H groups in total. The summed E-state index contributed by atoms with van der Waals surface area (Å²) in [6.45, 7) is 0.589. The Bertz CT molecular complexity index is 348. The first kappa shape index (κ1) is 11.8. The normalized spacial score (nSPS) is 17.6. The van der Waals surface area contributed by atoms with E-state index in [0.717, 1.165) is 17.8 Å². The van der Waals surface area contributed by atoms with Crippen molar-refractivity contribution in [3.63, 3.8) is 0 Å². The standard InChI is InChI=1S/C12H18ClN3/c13-11-10(6-7-14)8-15-12(16-11)9-4-2-1-3-5-9/h8-9H,1-7,14H2. The molecule has 0 saturated heterocycles. The number of nitrogens with two attached hydrogens (primary N) is 1. The average Bonchev–Trinajstić information content (AvgIpc) is 2.33. The summed E-state index contributed by atoms with van der Waals surface area (Å²) in [6.07, 6.45) is 8.91. The van der Waals surface area contributed by atoms with Gasteiger partial charge in [-0.3, -0.25) is 0 Å². The van der Waals surface area contributed by atoms with Crippen molar-refractivity contribution in [3.05, 3.63) is 22.7 Å². The van der Waals surface area contributed by atoms with Crippen LogP contribution in [0.1, 0.15) is 49.4 Å². The first-order valence-corrected chi connectivity index (χ1v) is 6.40. The van der Waals surface area contributed by atoms with Gasteiger partial charge < -0.3 is 5.73 Å². The zero-order valence-electron chi connectivity index (χ0n) is 9.45. The van der Waals surface area contributed by atoms with E-state index in [0.29, 0.717) is 17.6 Å². The van der Waals surface area contributed by atoms with Crippen LogP contribution in [0.5, 0.6) is 0 Å². The Morgan fingerprint density at radius 2 is 2.06 bits per heavy atom. The highest BCUT2D eigenvalue weighted by molar-refractivity contribution is 6.30. The lowest BCUT2D eigenvalue weighted by atomic mass is 9.89. The van der Waals surface area contributed by atoms with Crippen LogP contribution in [0.2, 0.25) is 5.15 Å². The fraction of sp³-hybridized carbons (Fsp3) is 0.667. The molecule has 4 heteroatoms. The second-order valence-electron chi connectivity index (χ2n) is 4.42. The zero-order valence-corrected chi connectivity index (χ0v) is 10.2. The van der Waals surface area contributed by atoms with E-state index in [9.17, 15) is 0 Å². The SMILES string of the molecule is NCCc1cnc(C2CCCCC2)nc1Cl. The first-order chi connectivity index (χ1) is 7.81. The number of halogens is 1. The number of aromatic nitrogens is 2. The number of hydrogen-bond donors (Lipinski definition) is 1. The molecule has 88 valence electrons. The number of hydrogen-bond acceptors (Lipinski definition) is 3. The summed E-state index contributed by atoms with van der Waals surface area (Å²) in [5.74, 6) is 1.43. The van der Waals surface area contributed by atoms with Crippen molar-refractivity contribution in [1.82, 2.24) is 9.97 Å². The maximum atomic E-state index is 6.12. The van der Waals surface area contributed by atoms with E-state index in [1.807, 2.05) is 6.20 Å². The van der Waals surface area contributed by atoms with Crippen molar-refractivity contribution in [2.75, 3.05) is 6.54 Å². The van der Waals surface area contributed by atoms with Crippen molar-refractivity contribution in [3.8, 4) is 0 Å². The Morgan fingerprint density at radius 3 is 2.69 bits per heavy atom. The van der Waals surface area contributed by atoms with E-state index in [1.54, 1.807) is 0 Å². The minimum absolute atomic E-state index is 0.512. The molecule has 1 heterocycles. The third-order valence-corrected chi connectivity index (χ3v) is 3.54. The van der Waals surface area contributed by atoms with Crippen LogP contribution in [-0.4, -0.2) is 16.5 Å². The summed E-state index contributed by atoms with van der Waals surface area (Å²) in [5, 5.41) is 0.584. The van der Waals surface area contributed by atoms with E-state index in [1.165, 1.54) is 32.1 Å². The molecule has 1 saturated carbocycles. The van der Waals surface area contributed by atoms with Crippen LogP contribution in [0, 0.1) is 0 Å². The van der Waals surface area contributed by atoms with E-state index in [-0.39, 0.29) is 0 Å². The van der Waals surface area contributed by atoms with Gasteiger partial charge >= 0.3 is 0 Å². The van der Waals surface area contributed by atoms with Crippen LogP contribution in [0.15, 0.2) is 6.20 Å². The van der Waals surface area contributed by atoms with Crippen LogP contribution >= 0.6 is 11.6 Å². The van der Waals surface area contributed by atoms with Crippen molar-refractivity contribution in [2.45, 2.75) is 44.4 Å². The van der Waals surface area contributed by atoms with Gasteiger partial charge in [-0.1, -0.05) is 30.9 Å². The lowest BCUT2D eigenvalue weighted by molar-refractivity contribution is 0.428. The molecule has 1 fully saturated rings. The third kappa shape index (κ3) is 2.71. The topological polar surface area (TPSA) is 51.8 Å². The van der Waals surface area contributed by atoms with Gasteiger partial charge in [0.25, 0.3) is 0 Å². The van der Waals surface area contributed by atoms with E-state index >= 15 is 0 Å². The zero-order chi connectivity index (χ0) is 11.4. The molecular formula is C12H18ClN3. The van der Waals surface area contributed by atoms with Crippen molar-refractivity contribution >= 4 is 11.6 Å². The van der Waals surface area contributed by atoms with Gasteiger partial charge in [0.1, 0.15) is 11.0 Å². The van der Waals surface area contributed by atoms with Gasteiger partial charge in [0.2, 0.25) is 0 Å². The lowest BCUT2D eigenvalue weighted by Crippen LogP contribution is -2.11. The highest BCUT2D eigenvalue weighted by atomic mass is 35.5. The second kappa shape index (κ2) is 5.60. The molecule has 1 aliphatic carbocycles. The fourth-order valence-electron chi connectivity index (χ4n) is 2.28. The Morgan fingerprint density at radius 1 is 1.31 bits per heavy atom. The molecule has 0 radical (unpaired) electrons. The van der Waals surface area contributed by atoms with E-state index < -0.39 is 0 Å². The summed E-state index contributed by atoms with van der Waals surface area (Å²) >= 11 is 6.12. The predicted molar refractivity (Wildman–Crippen MR) is 65.6 cm³/mol. The number of nitrogens with zero attached hydrogens (tertiary/aromatic N) is 2. The van der Waals surface area contributed by atoms with Crippen molar-refractivity contribution in [2.24, 2.45) is 5.73 Å². The van der Waals surface area contributed by atoms with Crippen LogP contribution in [0.3, 0.4) is 0 Å². The van der Waals surface area contributed by atoms with Gasteiger partial charge in [-0.2, -0.15) is 0 Å². The average molecular weight is 240 g/mol. The summed E-state index contributed by atoms with van der Waals surface area (Å²) < 4.78 is 0. The summed E-state index contributed by atoms with van der Waals surface area (Å²) in [5.41, 5.74) is 6.46. The first-order valence-electron chi connectivity index (χ1n) is 6.02. The van der Waals surface area contributed by atoms with Gasteiger partial charge in [-0.05, 0) is 25.8 Å². The van der Waals surface area contributed by atoms with Crippen LogP contribution in [-0.2, 0) is 6.42 Å². The Kier molecular flexibility index (Phi) is 4.13. The van der Waals surface area contributed by atoms with Crippen LogP contribution < -0.4 is 5.73 Å². The summed E-state index contributed by atoms with van der Waals surface area (Å²) in [7, 11) is 0. The quantitative estimate of drug-likeness (QED) is 0.826. The molecular weight excluding hydrogens is 222 g/mol.